The van der Waals surface area contributed by atoms with Gasteiger partial charge in [0.2, 0.25) is 0 Å². The molecule has 1 spiro atoms. The van der Waals surface area contributed by atoms with Crippen molar-refractivity contribution in [2.45, 2.75) is 31.7 Å². The molecule has 0 saturated carbocycles. The average Bonchev–Trinajstić information content (AvgIpc) is 3.36. The largest absolute Gasteiger partial charge is 0.421 e. The number of hydrogen-bond donors (Lipinski definition) is 3. The standard InChI is InChI=1S/C24H23FN8O3/c1-12-27-10-14(11-28-12)36-23-29-18-9-15-16(7-13(25)8-17(15)26-2)19(18)20(30-23)33-5-3-24(4-6-33)21(34)31-22(35)32-24/h7-8,10-11,26H,3-6,9H2,1-2H3,(H2,31,32,34,35). The Morgan fingerprint density at radius 3 is 2.56 bits per heavy atom. The highest BCUT2D eigenvalue weighted by Gasteiger charge is 2.48. The van der Waals surface area contributed by atoms with E-state index in [2.05, 4.69) is 30.9 Å². The highest BCUT2D eigenvalue weighted by atomic mass is 19.1. The topological polar surface area (TPSA) is 134 Å². The lowest BCUT2D eigenvalue weighted by molar-refractivity contribution is -0.124. The van der Waals surface area contributed by atoms with Crippen molar-refractivity contribution in [1.82, 2.24) is 30.6 Å². The third kappa shape index (κ3) is 3.56. The summed E-state index contributed by atoms with van der Waals surface area (Å²) in [6, 6.07) is 2.61. The molecule has 36 heavy (non-hydrogen) atoms. The monoisotopic (exact) mass is 490 g/mol. The minimum absolute atomic E-state index is 0.127. The van der Waals surface area contributed by atoms with Crippen LogP contribution in [0.1, 0.15) is 29.9 Å². The van der Waals surface area contributed by atoms with Gasteiger partial charge in [-0.1, -0.05) is 0 Å². The molecule has 3 aromatic rings. The molecule has 11 nitrogen and oxygen atoms in total. The van der Waals surface area contributed by atoms with E-state index >= 15 is 0 Å². The molecule has 3 aliphatic rings. The third-order valence-corrected chi connectivity index (χ3v) is 6.94. The summed E-state index contributed by atoms with van der Waals surface area (Å²) in [5.74, 6) is 0.924. The van der Waals surface area contributed by atoms with Crippen LogP contribution < -0.4 is 25.6 Å². The van der Waals surface area contributed by atoms with Gasteiger partial charge in [-0.15, -0.1) is 0 Å². The van der Waals surface area contributed by atoms with Crippen molar-refractivity contribution in [3.63, 3.8) is 0 Å². The summed E-state index contributed by atoms with van der Waals surface area (Å²) >= 11 is 0. The fraction of sp³-hybridized carbons (Fsp3) is 0.333. The number of ether oxygens (including phenoxy) is 1. The maximum atomic E-state index is 14.5. The van der Waals surface area contributed by atoms with Gasteiger partial charge in [-0.2, -0.15) is 9.97 Å². The van der Waals surface area contributed by atoms with Crippen molar-refractivity contribution in [2.24, 2.45) is 0 Å². The second kappa shape index (κ2) is 8.11. The Hall–Kier alpha value is -4.35. The Morgan fingerprint density at radius 2 is 1.89 bits per heavy atom. The molecule has 1 aromatic carbocycles. The fourth-order valence-electron chi connectivity index (χ4n) is 5.11. The van der Waals surface area contributed by atoms with Gasteiger partial charge in [-0.05, 0) is 43.0 Å². The lowest BCUT2D eigenvalue weighted by Gasteiger charge is -2.38. The molecule has 2 aliphatic heterocycles. The minimum atomic E-state index is -0.925. The Labute approximate surface area is 205 Å². The number of urea groups is 1. The van der Waals surface area contributed by atoms with Crippen molar-refractivity contribution in [3.05, 3.63) is 47.4 Å². The summed E-state index contributed by atoms with van der Waals surface area (Å²) in [4.78, 5) is 43.9. The molecule has 4 heterocycles. The van der Waals surface area contributed by atoms with Crippen molar-refractivity contribution in [1.29, 1.82) is 0 Å². The molecule has 6 rings (SSSR count). The number of aryl methyl sites for hydroxylation is 1. The zero-order chi connectivity index (χ0) is 25.0. The van der Waals surface area contributed by atoms with E-state index in [1.807, 2.05) is 4.90 Å². The van der Waals surface area contributed by atoms with Gasteiger partial charge >= 0.3 is 12.0 Å². The molecule has 184 valence electrons. The Kier molecular flexibility index (Phi) is 4.99. The maximum Gasteiger partial charge on any atom is 0.324 e. The molecular formula is C24H23FN8O3. The van der Waals surface area contributed by atoms with Gasteiger partial charge in [0.1, 0.15) is 23.0 Å². The zero-order valence-electron chi connectivity index (χ0n) is 19.7. The maximum absolute atomic E-state index is 14.5. The van der Waals surface area contributed by atoms with Gasteiger partial charge in [0.05, 0.1) is 18.1 Å². The molecule has 2 aromatic heterocycles. The number of carbonyl (C=O) groups is 2. The first-order valence-corrected chi connectivity index (χ1v) is 11.6. The van der Waals surface area contributed by atoms with Gasteiger partial charge in [-0.25, -0.2) is 19.2 Å². The summed E-state index contributed by atoms with van der Waals surface area (Å²) in [5, 5.41) is 8.18. The van der Waals surface area contributed by atoms with E-state index < -0.39 is 11.6 Å². The molecule has 2 saturated heterocycles. The number of hydrogen-bond acceptors (Lipinski definition) is 9. The third-order valence-electron chi connectivity index (χ3n) is 6.94. The first-order valence-electron chi connectivity index (χ1n) is 11.6. The van der Waals surface area contributed by atoms with Crippen LogP contribution in [0.15, 0.2) is 24.5 Å². The zero-order valence-corrected chi connectivity index (χ0v) is 19.7. The number of rotatable bonds is 4. The second-order valence-corrected chi connectivity index (χ2v) is 9.10. The van der Waals surface area contributed by atoms with E-state index in [-0.39, 0.29) is 17.7 Å². The number of imide groups is 1. The van der Waals surface area contributed by atoms with Crippen molar-refractivity contribution in [3.8, 4) is 22.9 Å². The number of piperidine rings is 1. The number of nitrogens with one attached hydrogen (secondary N) is 3. The molecule has 0 atom stereocenters. The first-order chi connectivity index (χ1) is 17.3. The summed E-state index contributed by atoms with van der Waals surface area (Å²) in [5.41, 5.74) is 2.87. The number of aromatic nitrogens is 4. The van der Waals surface area contributed by atoms with Crippen molar-refractivity contribution < 1.29 is 18.7 Å². The van der Waals surface area contributed by atoms with Gasteiger partial charge in [0.25, 0.3) is 5.91 Å². The lowest BCUT2D eigenvalue weighted by atomic mass is 9.87. The average molecular weight is 490 g/mol. The molecule has 0 unspecified atom stereocenters. The van der Waals surface area contributed by atoms with Crippen LogP contribution in [0.25, 0.3) is 11.1 Å². The molecule has 3 N–H and O–H groups in total. The fourth-order valence-corrected chi connectivity index (χ4v) is 5.11. The number of halogens is 1. The lowest BCUT2D eigenvalue weighted by Crippen LogP contribution is -2.55. The smallest absolute Gasteiger partial charge is 0.324 e. The predicted molar refractivity (Wildman–Crippen MR) is 127 cm³/mol. The van der Waals surface area contributed by atoms with Gasteiger partial charge < -0.3 is 20.3 Å². The van der Waals surface area contributed by atoms with Gasteiger partial charge in [0.15, 0.2) is 5.75 Å². The van der Waals surface area contributed by atoms with Crippen LogP contribution in [0.2, 0.25) is 0 Å². The van der Waals surface area contributed by atoms with E-state index in [1.165, 1.54) is 12.1 Å². The van der Waals surface area contributed by atoms with Crippen LogP contribution in [0.5, 0.6) is 11.8 Å². The molecule has 0 radical (unpaired) electrons. The van der Waals surface area contributed by atoms with Crippen LogP contribution in [0, 0.1) is 12.7 Å². The SMILES string of the molecule is CNc1cc(F)cc2c1Cc1nc(Oc3cnc(C)nc3)nc(N3CCC4(CC3)NC(=O)NC4=O)c1-2. The number of anilines is 2. The minimum Gasteiger partial charge on any atom is -0.421 e. The van der Waals surface area contributed by atoms with E-state index in [9.17, 15) is 14.0 Å². The molecule has 2 fully saturated rings. The van der Waals surface area contributed by atoms with Crippen molar-refractivity contribution in [2.75, 3.05) is 30.4 Å². The summed E-state index contributed by atoms with van der Waals surface area (Å²) < 4.78 is 20.4. The first kappa shape index (κ1) is 22.1. The molecule has 12 heteroatoms. The normalized spacial score (nSPS) is 17.5. The number of nitrogens with zero attached hydrogens (tertiary/aromatic N) is 5. The van der Waals surface area contributed by atoms with Gasteiger partial charge in [0, 0.05) is 37.8 Å². The van der Waals surface area contributed by atoms with Gasteiger partial charge in [-0.3, -0.25) is 10.1 Å². The summed E-state index contributed by atoms with van der Waals surface area (Å²) in [6.07, 6.45) is 4.39. The van der Waals surface area contributed by atoms with Crippen molar-refractivity contribution >= 4 is 23.4 Å². The molecular weight excluding hydrogens is 467 g/mol. The molecule has 1 aliphatic carbocycles. The molecule has 0 bridgehead atoms. The highest BCUT2D eigenvalue weighted by Crippen LogP contribution is 2.46. The van der Waals surface area contributed by atoms with Crippen LogP contribution in [0.3, 0.4) is 0 Å². The Balaban J connectivity index is 1.41. The van der Waals surface area contributed by atoms with Crippen LogP contribution >= 0.6 is 0 Å². The van der Waals surface area contributed by atoms with E-state index in [0.717, 1.165) is 16.7 Å². The number of benzene rings is 1. The number of fused-ring (bicyclic) bond motifs is 3. The van der Waals surface area contributed by atoms with Crippen LogP contribution in [-0.4, -0.2) is 57.6 Å². The Morgan fingerprint density at radius 1 is 1.14 bits per heavy atom. The van der Waals surface area contributed by atoms with E-state index in [0.29, 0.717) is 61.1 Å². The summed E-state index contributed by atoms with van der Waals surface area (Å²) in [6.45, 7) is 2.68. The number of amides is 3. The number of carbonyl (C=O) groups excluding carboxylic acids is 2. The molecule has 3 amide bonds. The van der Waals surface area contributed by atoms with Crippen LogP contribution in [-0.2, 0) is 11.2 Å². The highest BCUT2D eigenvalue weighted by molar-refractivity contribution is 6.07. The Bertz CT molecular complexity index is 1400. The van der Waals surface area contributed by atoms with E-state index in [1.54, 1.807) is 26.4 Å². The second-order valence-electron chi connectivity index (χ2n) is 9.10. The summed E-state index contributed by atoms with van der Waals surface area (Å²) in [7, 11) is 1.75. The van der Waals surface area contributed by atoms with Crippen LogP contribution in [0.4, 0.5) is 20.7 Å². The van der Waals surface area contributed by atoms with E-state index in [4.69, 9.17) is 9.72 Å². The quantitative estimate of drug-likeness (QED) is 0.368. The predicted octanol–water partition coefficient (Wildman–Crippen LogP) is 2.30.